The molecule has 1 fully saturated rings. The van der Waals surface area contributed by atoms with Crippen molar-refractivity contribution in [2.24, 2.45) is 0 Å². The van der Waals surface area contributed by atoms with Crippen LogP contribution in [0.15, 0.2) is 30.3 Å². The Labute approximate surface area is 154 Å². The number of likely N-dealkylation sites (N-methyl/N-ethyl adjacent to an activating group) is 1. The number of nitrogens with zero attached hydrogens (tertiary/aromatic N) is 4. The van der Waals surface area contributed by atoms with Crippen molar-refractivity contribution in [3.63, 3.8) is 0 Å². The second kappa shape index (κ2) is 7.41. The standard InChI is InChI=1S/C20H26N4O2/c1-14-20(16(3)25)15(2)24(21-14)13-19(26)23-11-10-22(4)18(12-23)17-8-6-5-7-9-17/h5-9,18H,10-13H2,1-4H3/t18-/m0/s1. The van der Waals surface area contributed by atoms with Gasteiger partial charge >= 0.3 is 0 Å². The van der Waals surface area contributed by atoms with Crippen LogP contribution in [0.2, 0.25) is 0 Å². The summed E-state index contributed by atoms with van der Waals surface area (Å²) in [6, 6.07) is 10.5. The van der Waals surface area contributed by atoms with Gasteiger partial charge in [-0.1, -0.05) is 30.3 Å². The Balaban J connectivity index is 1.74. The highest BCUT2D eigenvalue weighted by atomic mass is 16.2. The zero-order chi connectivity index (χ0) is 18.8. The molecule has 1 aliphatic heterocycles. The second-order valence-corrected chi connectivity index (χ2v) is 7.01. The van der Waals surface area contributed by atoms with E-state index in [9.17, 15) is 9.59 Å². The molecule has 1 saturated heterocycles. The van der Waals surface area contributed by atoms with Gasteiger partial charge in [0, 0.05) is 25.3 Å². The molecule has 0 radical (unpaired) electrons. The maximum atomic E-state index is 12.9. The number of Topliss-reactive ketones (excluding diaryl/α,β-unsaturated/α-hetero) is 1. The van der Waals surface area contributed by atoms with E-state index >= 15 is 0 Å². The summed E-state index contributed by atoms with van der Waals surface area (Å²) in [5, 5.41) is 4.40. The Kier molecular flexibility index (Phi) is 5.23. The van der Waals surface area contributed by atoms with E-state index < -0.39 is 0 Å². The van der Waals surface area contributed by atoms with Crippen LogP contribution in [0.25, 0.3) is 0 Å². The molecule has 0 saturated carbocycles. The van der Waals surface area contributed by atoms with E-state index in [4.69, 9.17) is 0 Å². The first-order valence-electron chi connectivity index (χ1n) is 8.96. The second-order valence-electron chi connectivity index (χ2n) is 7.01. The number of ketones is 1. The lowest BCUT2D eigenvalue weighted by atomic mass is 10.0. The Bertz CT molecular complexity index is 813. The fraction of sp³-hybridized carbons (Fsp3) is 0.450. The highest BCUT2D eigenvalue weighted by molar-refractivity contribution is 5.96. The van der Waals surface area contributed by atoms with Gasteiger partial charge in [-0.05, 0) is 33.4 Å². The first-order valence-corrected chi connectivity index (χ1v) is 8.96. The number of carbonyl (C=O) groups excluding carboxylic acids is 2. The molecule has 0 unspecified atom stereocenters. The van der Waals surface area contributed by atoms with Gasteiger partial charge in [0.05, 0.1) is 17.3 Å². The summed E-state index contributed by atoms with van der Waals surface area (Å²) in [6.45, 7) is 7.57. The Hall–Kier alpha value is -2.47. The van der Waals surface area contributed by atoms with Crippen LogP contribution >= 0.6 is 0 Å². The number of hydrogen-bond acceptors (Lipinski definition) is 4. The van der Waals surface area contributed by atoms with Crippen molar-refractivity contribution in [3.8, 4) is 0 Å². The molecule has 0 spiro atoms. The van der Waals surface area contributed by atoms with Crippen molar-refractivity contribution in [1.82, 2.24) is 19.6 Å². The van der Waals surface area contributed by atoms with Crippen LogP contribution in [0.5, 0.6) is 0 Å². The average Bonchev–Trinajstić information content (AvgIpc) is 2.89. The van der Waals surface area contributed by atoms with Crippen LogP contribution in [-0.4, -0.2) is 58.0 Å². The van der Waals surface area contributed by atoms with E-state index in [0.717, 1.165) is 12.2 Å². The summed E-state index contributed by atoms with van der Waals surface area (Å²) in [5.41, 5.74) is 3.29. The molecule has 1 atom stereocenters. The summed E-state index contributed by atoms with van der Waals surface area (Å²) in [5.74, 6) is 0.0298. The molecule has 138 valence electrons. The third-order valence-electron chi connectivity index (χ3n) is 5.20. The van der Waals surface area contributed by atoms with Gasteiger partial charge in [0.25, 0.3) is 0 Å². The van der Waals surface area contributed by atoms with Crippen molar-refractivity contribution in [2.45, 2.75) is 33.4 Å². The molecule has 1 aromatic heterocycles. The van der Waals surface area contributed by atoms with Crippen LogP contribution in [0, 0.1) is 13.8 Å². The first kappa shape index (κ1) is 18.3. The van der Waals surface area contributed by atoms with Gasteiger partial charge in [-0.2, -0.15) is 5.10 Å². The van der Waals surface area contributed by atoms with E-state index in [1.54, 1.807) is 4.68 Å². The van der Waals surface area contributed by atoms with Crippen LogP contribution in [-0.2, 0) is 11.3 Å². The number of amides is 1. The third kappa shape index (κ3) is 3.55. The lowest BCUT2D eigenvalue weighted by molar-refractivity contribution is -0.134. The third-order valence-corrected chi connectivity index (χ3v) is 5.20. The molecule has 2 aromatic rings. The van der Waals surface area contributed by atoms with Crippen LogP contribution in [0.3, 0.4) is 0 Å². The summed E-state index contributed by atoms with van der Waals surface area (Å²) in [6.07, 6.45) is 0. The van der Waals surface area contributed by atoms with Gasteiger partial charge in [0.1, 0.15) is 6.54 Å². The SMILES string of the molecule is CC(=O)c1c(C)nn(CC(=O)N2CCN(C)[C@H](c3ccccc3)C2)c1C. The lowest BCUT2D eigenvalue weighted by Crippen LogP contribution is -2.49. The molecule has 6 heteroatoms. The minimum absolute atomic E-state index is 0.0116. The number of aromatic nitrogens is 2. The topological polar surface area (TPSA) is 58.4 Å². The van der Waals surface area contributed by atoms with E-state index in [0.29, 0.717) is 24.3 Å². The average molecular weight is 354 g/mol. The van der Waals surface area contributed by atoms with Gasteiger partial charge in [-0.25, -0.2) is 0 Å². The predicted octanol–water partition coefficient (Wildman–Crippen LogP) is 2.22. The monoisotopic (exact) mass is 354 g/mol. The van der Waals surface area contributed by atoms with Crippen LogP contribution < -0.4 is 0 Å². The number of hydrogen-bond donors (Lipinski definition) is 0. The van der Waals surface area contributed by atoms with Gasteiger partial charge < -0.3 is 4.90 Å². The molecule has 0 aliphatic carbocycles. The van der Waals surface area contributed by atoms with E-state index in [1.807, 2.05) is 36.9 Å². The fourth-order valence-electron chi connectivity index (χ4n) is 3.72. The maximum Gasteiger partial charge on any atom is 0.244 e. The van der Waals surface area contributed by atoms with Gasteiger partial charge in [0.15, 0.2) is 5.78 Å². The highest BCUT2D eigenvalue weighted by Crippen LogP contribution is 2.24. The molecule has 2 heterocycles. The van der Waals surface area contributed by atoms with Crippen molar-refractivity contribution >= 4 is 11.7 Å². The van der Waals surface area contributed by atoms with Gasteiger partial charge in [-0.3, -0.25) is 19.2 Å². The molecule has 1 amide bonds. The molecule has 26 heavy (non-hydrogen) atoms. The molecular formula is C20H26N4O2. The highest BCUT2D eigenvalue weighted by Gasteiger charge is 2.29. The van der Waals surface area contributed by atoms with Crippen LogP contribution in [0.4, 0.5) is 0 Å². The summed E-state index contributed by atoms with van der Waals surface area (Å²) < 4.78 is 1.66. The normalized spacial score (nSPS) is 18.2. The lowest BCUT2D eigenvalue weighted by Gasteiger charge is -2.39. The Morgan fingerprint density at radius 2 is 1.85 bits per heavy atom. The number of aryl methyl sites for hydroxylation is 1. The summed E-state index contributed by atoms with van der Waals surface area (Å²) >= 11 is 0. The van der Waals surface area contributed by atoms with Gasteiger partial charge in [-0.15, -0.1) is 0 Å². The van der Waals surface area contributed by atoms with Gasteiger partial charge in [0.2, 0.25) is 5.91 Å². The molecular weight excluding hydrogens is 328 g/mol. The van der Waals surface area contributed by atoms with Crippen LogP contribution in [0.1, 0.15) is 40.3 Å². The number of rotatable bonds is 4. The Morgan fingerprint density at radius 3 is 2.46 bits per heavy atom. The predicted molar refractivity (Wildman–Crippen MR) is 100 cm³/mol. The van der Waals surface area contributed by atoms with Crippen molar-refractivity contribution in [1.29, 1.82) is 0 Å². The molecule has 6 nitrogen and oxygen atoms in total. The smallest absolute Gasteiger partial charge is 0.244 e. The first-order chi connectivity index (χ1) is 12.4. The molecule has 3 rings (SSSR count). The molecule has 0 bridgehead atoms. The zero-order valence-electron chi connectivity index (χ0n) is 15.9. The summed E-state index contributed by atoms with van der Waals surface area (Å²) in [4.78, 5) is 28.8. The van der Waals surface area contributed by atoms with Crippen molar-refractivity contribution < 1.29 is 9.59 Å². The molecule has 0 N–H and O–H groups in total. The molecule has 1 aliphatic rings. The van der Waals surface area contributed by atoms with E-state index in [1.165, 1.54) is 12.5 Å². The van der Waals surface area contributed by atoms with E-state index in [2.05, 4.69) is 29.2 Å². The summed E-state index contributed by atoms with van der Waals surface area (Å²) in [7, 11) is 2.10. The minimum atomic E-state index is -0.0116. The largest absolute Gasteiger partial charge is 0.338 e. The van der Waals surface area contributed by atoms with E-state index in [-0.39, 0.29) is 24.3 Å². The maximum absolute atomic E-state index is 12.9. The quantitative estimate of drug-likeness (QED) is 0.790. The Morgan fingerprint density at radius 1 is 1.15 bits per heavy atom. The molecule has 1 aromatic carbocycles. The zero-order valence-corrected chi connectivity index (χ0v) is 15.9. The number of benzene rings is 1. The minimum Gasteiger partial charge on any atom is -0.338 e. The number of piperazine rings is 1. The fourth-order valence-corrected chi connectivity index (χ4v) is 3.72. The van der Waals surface area contributed by atoms with Crippen molar-refractivity contribution in [3.05, 3.63) is 52.8 Å². The van der Waals surface area contributed by atoms with Crippen molar-refractivity contribution in [2.75, 3.05) is 26.7 Å². The number of carbonyl (C=O) groups is 2.